The number of likely N-dealkylation sites (tertiary alicyclic amines) is 1. The Hall–Kier alpha value is -3.42. The number of hydrogen-bond acceptors (Lipinski definition) is 4. The quantitative estimate of drug-likeness (QED) is 0.572. The second-order valence-corrected chi connectivity index (χ2v) is 8.64. The topological polar surface area (TPSA) is 71.6 Å². The van der Waals surface area contributed by atoms with E-state index in [1.807, 2.05) is 11.0 Å². The van der Waals surface area contributed by atoms with E-state index in [9.17, 15) is 14.0 Å². The van der Waals surface area contributed by atoms with Crippen molar-refractivity contribution in [1.82, 2.24) is 19.6 Å². The fraction of sp³-hybridized carbons (Fsp3) is 0.400. The Morgan fingerprint density at radius 2 is 1.94 bits per heavy atom. The number of likely N-dealkylation sites (N-methyl/N-ethyl adjacent to an activating group) is 1. The first-order valence-electron chi connectivity index (χ1n) is 11.2. The molecule has 2 aromatic heterocycles. The van der Waals surface area contributed by atoms with E-state index in [-0.39, 0.29) is 29.6 Å². The summed E-state index contributed by atoms with van der Waals surface area (Å²) in [5.41, 5.74) is 1.65. The van der Waals surface area contributed by atoms with Crippen LogP contribution in [0.2, 0.25) is 0 Å². The Labute approximate surface area is 192 Å². The summed E-state index contributed by atoms with van der Waals surface area (Å²) in [5, 5.41) is 4.09. The number of furan rings is 1. The van der Waals surface area contributed by atoms with Gasteiger partial charge in [0.15, 0.2) is 0 Å². The van der Waals surface area contributed by atoms with Gasteiger partial charge >= 0.3 is 0 Å². The molecule has 174 valence electrons. The molecule has 3 heterocycles. The van der Waals surface area contributed by atoms with Crippen LogP contribution in [-0.2, 0) is 13.5 Å². The van der Waals surface area contributed by atoms with E-state index in [0.717, 1.165) is 12.8 Å². The molecular weight excluding hydrogens is 423 g/mol. The van der Waals surface area contributed by atoms with E-state index >= 15 is 0 Å². The number of rotatable bonds is 6. The lowest BCUT2D eigenvalue weighted by molar-refractivity contribution is 0.0515. The second-order valence-electron chi connectivity index (χ2n) is 8.64. The summed E-state index contributed by atoms with van der Waals surface area (Å²) in [6, 6.07) is 9.87. The fourth-order valence-electron chi connectivity index (χ4n) is 4.69. The lowest BCUT2D eigenvalue weighted by Crippen LogP contribution is -2.48. The highest BCUT2D eigenvalue weighted by Gasteiger charge is 2.34. The van der Waals surface area contributed by atoms with Gasteiger partial charge in [-0.25, -0.2) is 4.39 Å². The van der Waals surface area contributed by atoms with Crippen molar-refractivity contribution >= 4 is 11.8 Å². The van der Waals surface area contributed by atoms with E-state index in [2.05, 4.69) is 5.10 Å². The van der Waals surface area contributed by atoms with Crippen molar-refractivity contribution in [1.29, 1.82) is 0 Å². The molecule has 7 nitrogen and oxygen atoms in total. The van der Waals surface area contributed by atoms with E-state index in [4.69, 9.17) is 4.42 Å². The lowest BCUT2D eigenvalue weighted by atomic mass is 9.84. The van der Waals surface area contributed by atoms with E-state index < -0.39 is 0 Å². The van der Waals surface area contributed by atoms with Crippen LogP contribution < -0.4 is 0 Å². The van der Waals surface area contributed by atoms with Gasteiger partial charge in [-0.3, -0.25) is 14.3 Å². The Kier molecular flexibility index (Phi) is 6.62. The molecular formula is C25H29FN4O3. The first-order valence-corrected chi connectivity index (χ1v) is 11.2. The zero-order chi connectivity index (χ0) is 23.5. The molecule has 0 aliphatic carbocycles. The van der Waals surface area contributed by atoms with Crippen LogP contribution in [0.5, 0.6) is 0 Å². The molecule has 33 heavy (non-hydrogen) atoms. The van der Waals surface area contributed by atoms with Crippen LogP contribution in [0.15, 0.2) is 53.3 Å². The van der Waals surface area contributed by atoms with Crippen molar-refractivity contribution in [2.75, 3.05) is 20.1 Å². The predicted octanol–water partition coefficient (Wildman–Crippen LogP) is 3.70. The van der Waals surface area contributed by atoms with Gasteiger partial charge in [0.05, 0.1) is 11.8 Å². The SMILES string of the molecule is Cc1occc1C(=O)N(C)[C@@H](Cc1ccccc1F)C1CCN(C(=O)c2ccnn2C)CC1. The molecule has 2 amide bonds. The Morgan fingerprint density at radius 3 is 2.55 bits per heavy atom. The van der Waals surface area contributed by atoms with Gasteiger partial charge in [-0.15, -0.1) is 0 Å². The Balaban J connectivity index is 1.53. The average molecular weight is 453 g/mol. The molecule has 4 rings (SSSR count). The number of hydrogen-bond donors (Lipinski definition) is 0. The van der Waals surface area contributed by atoms with Crippen molar-refractivity contribution in [3.05, 3.63) is 77.3 Å². The fourth-order valence-corrected chi connectivity index (χ4v) is 4.69. The van der Waals surface area contributed by atoms with Crippen LogP contribution >= 0.6 is 0 Å². The molecule has 1 atom stereocenters. The summed E-state index contributed by atoms with van der Waals surface area (Å²) in [7, 11) is 3.52. The maximum atomic E-state index is 14.5. The third kappa shape index (κ3) is 4.69. The molecule has 0 N–H and O–H groups in total. The van der Waals surface area contributed by atoms with Gasteiger partial charge in [-0.2, -0.15) is 5.10 Å². The van der Waals surface area contributed by atoms with Gasteiger partial charge in [0, 0.05) is 39.4 Å². The van der Waals surface area contributed by atoms with E-state index in [1.165, 1.54) is 12.3 Å². The molecule has 1 aliphatic rings. The number of benzene rings is 1. The summed E-state index contributed by atoms with van der Waals surface area (Å²) < 4.78 is 21.4. The standard InChI is InChI=1S/C25H29FN4O3/c1-17-20(11-15-33-17)24(31)28(2)23(16-19-6-4-5-7-21(19)26)18-9-13-30(14-10-18)25(32)22-8-12-27-29(22)3/h4-8,11-12,15,18,23H,9-10,13-14,16H2,1-3H3/t23-/m0/s1. The summed E-state index contributed by atoms with van der Waals surface area (Å²) in [4.78, 5) is 29.7. The van der Waals surface area contributed by atoms with Gasteiger partial charge in [0.2, 0.25) is 0 Å². The average Bonchev–Trinajstić information content (AvgIpc) is 3.45. The smallest absolute Gasteiger partial charge is 0.272 e. The first-order chi connectivity index (χ1) is 15.9. The van der Waals surface area contributed by atoms with E-state index in [1.54, 1.807) is 61.1 Å². The number of amides is 2. The van der Waals surface area contributed by atoms with Crippen molar-refractivity contribution in [3.63, 3.8) is 0 Å². The summed E-state index contributed by atoms with van der Waals surface area (Å²) in [6.07, 6.45) is 4.98. The highest BCUT2D eigenvalue weighted by Crippen LogP contribution is 2.29. The normalized spacial score (nSPS) is 15.5. The third-order valence-corrected chi connectivity index (χ3v) is 6.70. The van der Waals surface area contributed by atoms with Crippen molar-refractivity contribution in [3.8, 4) is 0 Å². The monoisotopic (exact) mass is 452 g/mol. The summed E-state index contributed by atoms with van der Waals surface area (Å²) >= 11 is 0. The number of aryl methyl sites for hydroxylation is 2. The summed E-state index contributed by atoms with van der Waals surface area (Å²) in [5.74, 6) is 0.231. The zero-order valence-electron chi connectivity index (χ0n) is 19.2. The largest absolute Gasteiger partial charge is 0.469 e. The number of aromatic nitrogens is 2. The summed E-state index contributed by atoms with van der Waals surface area (Å²) in [6.45, 7) is 2.92. The second kappa shape index (κ2) is 9.60. The molecule has 3 aromatic rings. The Bertz CT molecular complexity index is 1130. The van der Waals surface area contributed by atoms with Crippen LogP contribution in [0.4, 0.5) is 4.39 Å². The van der Waals surface area contributed by atoms with Gasteiger partial charge in [0.25, 0.3) is 11.8 Å². The molecule has 8 heteroatoms. The van der Waals surface area contributed by atoms with Gasteiger partial charge < -0.3 is 14.2 Å². The predicted molar refractivity (Wildman–Crippen MR) is 121 cm³/mol. The Morgan fingerprint density at radius 1 is 1.21 bits per heavy atom. The van der Waals surface area contributed by atoms with Crippen molar-refractivity contribution in [2.45, 2.75) is 32.2 Å². The van der Waals surface area contributed by atoms with Gasteiger partial charge in [0.1, 0.15) is 17.3 Å². The van der Waals surface area contributed by atoms with E-state index in [0.29, 0.717) is 42.1 Å². The number of piperidine rings is 1. The highest BCUT2D eigenvalue weighted by atomic mass is 19.1. The third-order valence-electron chi connectivity index (χ3n) is 6.70. The number of carbonyl (C=O) groups excluding carboxylic acids is 2. The maximum absolute atomic E-state index is 14.5. The molecule has 1 fully saturated rings. The van der Waals surface area contributed by atoms with Crippen LogP contribution in [0, 0.1) is 18.7 Å². The minimum atomic E-state index is -0.272. The molecule has 0 unspecified atom stereocenters. The lowest BCUT2D eigenvalue weighted by Gasteiger charge is -2.40. The molecule has 0 spiro atoms. The molecule has 0 saturated carbocycles. The number of carbonyl (C=O) groups is 2. The molecule has 1 aliphatic heterocycles. The maximum Gasteiger partial charge on any atom is 0.272 e. The zero-order valence-corrected chi connectivity index (χ0v) is 19.2. The van der Waals surface area contributed by atoms with Crippen molar-refractivity contribution < 1.29 is 18.4 Å². The minimum Gasteiger partial charge on any atom is -0.469 e. The van der Waals surface area contributed by atoms with Crippen LogP contribution in [0.1, 0.15) is 45.0 Å². The number of nitrogens with zero attached hydrogens (tertiary/aromatic N) is 4. The van der Waals surface area contributed by atoms with Gasteiger partial charge in [-0.05, 0) is 55.9 Å². The number of halogens is 1. The molecule has 1 saturated heterocycles. The first kappa shape index (κ1) is 22.8. The molecule has 1 aromatic carbocycles. The highest BCUT2D eigenvalue weighted by molar-refractivity contribution is 5.95. The van der Waals surface area contributed by atoms with Crippen molar-refractivity contribution in [2.24, 2.45) is 13.0 Å². The molecule has 0 radical (unpaired) electrons. The molecule has 0 bridgehead atoms. The minimum absolute atomic E-state index is 0.0439. The van der Waals surface area contributed by atoms with Gasteiger partial charge in [-0.1, -0.05) is 18.2 Å². The van der Waals surface area contributed by atoms with Crippen LogP contribution in [0.25, 0.3) is 0 Å². The van der Waals surface area contributed by atoms with Crippen LogP contribution in [-0.4, -0.2) is 57.6 Å². The van der Waals surface area contributed by atoms with Crippen LogP contribution in [0.3, 0.4) is 0 Å².